The second kappa shape index (κ2) is 7.36. The molecule has 1 rings (SSSR count). The molecule has 0 aliphatic carbocycles. The average Bonchev–Trinajstić information content (AvgIpc) is 2.40. The van der Waals surface area contributed by atoms with Gasteiger partial charge in [0.2, 0.25) is 0 Å². The third-order valence-corrected chi connectivity index (χ3v) is 3.18. The highest BCUT2D eigenvalue weighted by atomic mass is 35.5. The lowest BCUT2D eigenvalue weighted by Gasteiger charge is -2.19. The Kier molecular flexibility index (Phi) is 6.12. The molecule has 2 unspecified atom stereocenters. The molecule has 1 aromatic rings. The summed E-state index contributed by atoms with van der Waals surface area (Å²) in [5, 5.41) is 12.5. The molecule has 5 heteroatoms. The number of rotatable bonds is 6. The fraction of sp³-hybridized carbons (Fsp3) is 0.500. The van der Waals surface area contributed by atoms with Crippen molar-refractivity contribution >= 4 is 17.5 Å². The molecule has 0 saturated heterocycles. The van der Waals surface area contributed by atoms with Gasteiger partial charge in [-0.15, -0.1) is 0 Å². The Morgan fingerprint density at radius 3 is 2.74 bits per heavy atom. The van der Waals surface area contributed by atoms with Crippen LogP contribution in [0.3, 0.4) is 0 Å². The van der Waals surface area contributed by atoms with Crippen LogP contribution in [-0.4, -0.2) is 23.2 Å². The van der Waals surface area contributed by atoms with Gasteiger partial charge in [-0.2, -0.15) is 0 Å². The highest BCUT2D eigenvalue weighted by Gasteiger charge is 2.19. The lowest BCUT2D eigenvalue weighted by molar-refractivity contribution is -0.127. The van der Waals surface area contributed by atoms with E-state index in [-0.39, 0.29) is 18.6 Å². The number of hydrogen-bond donors (Lipinski definition) is 2. The number of carbonyl (C=O) groups excluding carboxylic acids is 1. The molecular formula is C14H20ClNO3. The summed E-state index contributed by atoms with van der Waals surface area (Å²) in [7, 11) is 0. The number of carbonyl (C=O) groups is 1. The maximum Gasteiger partial charge on any atom is 0.260 e. The molecule has 0 aliphatic rings. The minimum absolute atomic E-state index is 0.0992. The highest BCUT2D eigenvalue weighted by Crippen LogP contribution is 2.29. The molecule has 2 atom stereocenters. The van der Waals surface area contributed by atoms with Crippen LogP contribution in [0.1, 0.15) is 32.8 Å². The minimum Gasteiger partial charge on any atom is -0.479 e. The molecule has 0 saturated carbocycles. The van der Waals surface area contributed by atoms with Crippen LogP contribution in [0.15, 0.2) is 18.2 Å². The molecule has 19 heavy (non-hydrogen) atoms. The molecular weight excluding hydrogens is 266 g/mol. The lowest BCUT2D eigenvalue weighted by atomic mass is 10.2. The van der Waals surface area contributed by atoms with E-state index in [1.54, 1.807) is 25.1 Å². The van der Waals surface area contributed by atoms with E-state index < -0.39 is 6.10 Å². The number of hydrogen-bond acceptors (Lipinski definition) is 3. The summed E-state index contributed by atoms with van der Waals surface area (Å²) in [5.74, 6) is 0.164. The molecule has 0 fully saturated rings. The van der Waals surface area contributed by atoms with Crippen LogP contribution >= 0.6 is 11.6 Å². The second-order valence-corrected chi connectivity index (χ2v) is 4.87. The quantitative estimate of drug-likeness (QED) is 0.844. The van der Waals surface area contributed by atoms with Crippen LogP contribution < -0.4 is 10.1 Å². The van der Waals surface area contributed by atoms with E-state index in [2.05, 4.69) is 5.32 Å². The van der Waals surface area contributed by atoms with E-state index in [1.165, 1.54) is 0 Å². The SMILES string of the molecule is CCC(C)NC(=O)C(C)Oc1c(Cl)cccc1CO. The summed E-state index contributed by atoms with van der Waals surface area (Å²) in [6.45, 7) is 5.39. The number of ether oxygens (including phenoxy) is 1. The van der Waals surface area contributed by atoms with E-state index in [4.69, 9.17) is 16.3 Å². The number of benzene rings is 1. The van der Waals surface area contributed by atoms with Gasteiger partial charge >= 0.3 is 0 Å². The van der Waals surface area contributed by atoms with Crippen molar-refractivity contribution in [2.24, 2.45) is 0 Å². The first kappa shape index (κ1) is 15.8. The zero-order valence-electron chi connectivity index (χ0n) is 11.4. The van der Waals surface area contributed by atoms with Crippen LogP contribution in [0.2, 0.25) is 5.02 Å². The van der Waals surface area contributed by atoms with E-state index >= 15 is 0 Å². The Labute approximate surface area is 118 Å². The first-order valence-corrected chi connectivity index (χ1v) is 6.72. The topological polar surface area (TPSA) is 58.6 Å². The Bertz CT molecular complexity index is 437. The molecule has 1 amide bonds. The van der Waals surface area contributed by atoms with Crippen molar-refractivity contribution in [2.75, 3.05) is 0 Å². The molecule has 0 heterocycles. The van der Waals surface area contributed by atoms with Crippen molar-refractivity contribution in [1.29, 1.82) is 0 Å². The third-order valence-electron chi connectivity index (χ3n) is 2.88. The van der Waals surface area contributed by atoms with Crippen molar-refractivity contribution in [2.45, 2.75) is 45.9 Å². The van der Waals surface area contributed by atoms with E-state index in [0.717, 1.165) is 6.42 Å². The smallest absolute Gasteiger partial charge is 0.260 e. The van der Waals surface area contributed by atoms with Crippen LogP contribution in [0.4, 0.5) is 0 Å². The number of nitrogens with one attached hydrogen (secondary N) is 1. The highest BCUT2D eigenvalue weighted by molar-refractivity contribution is 6.32. The van der Waals surface area contributed by atoms with Crippen LogP contribution in [0, 0.1) is 0 Å². The van der Waals surface area contributed by atoms with Gasteiger partial charge in [-0.1, -0.05) is 30.7 Å². The summed E-state index contributed by atoms with van der Waals surface area (Å²) < 4.78 is 5.57. The summed E-state index contributed by atoms with van der Waals surface area (Å²) in [6.07, 6.45) is 0.186. The maximum absolute atomic E-state index is 11.9. The van der Waals surface area contributed by atoms with Crippen LogP contribution in [-0.2, 0) is 11.4 Å². The maximum atomic E-state index is 11.9. The Hall–Kier alpha value is -1.26. The number of para-hydroxylation sites is 1. The minimum atomic E-state index is -0.667. The van der Waals surface area contributed by atoms with Gasteiger partial charge in [0.1, 0.15) is 5.75 Å². The normalized spacial score (nSPS) is 13.7. The van der Waals surface area contributed by atoms with Crippen molar-refractivity contribution in [1.82, 2.24) is 5.32 Å². The molecule has 0 bridgehead atoms. The van der Waals surface area contributed by atoms with Gasteiger partial charge in [0.25, 0.3) is 5.91 Å². The molecule has 4 nitrogen and oxygen atoms in total. The van der Waals surface area contributed by atoms with Crippen molar-refractivity contribution in [3.63, 3.8) is 0 Å². The molecule has 0 aliphatic heterocycles. The van der Waals surface area contributed by atoms with Gasteiger partial charge in [0.05, 0.1) is 11.6 Å². The Morgan fingerprint density at radius 2 is 2.16 bits per heavy atom. The van der Waals surface area contributed by atoms with E-state index in [9.17, 15) is 9.90 Å². The van der Waals surface area contributed by atoms with Gasteiger partial charge < -0.3 is 15.2 Å². The van der Waals surface area contributed by atoms with Crippen molar-refractivity contribution < 1.29 is 14.6 Å². The Morgan fingerprint density at radius 1 is 1.47 bits per heavy atom. The number of aliphatic hydroxyl groups is 1. The predicted molar refractivity (Wildman–Crippen MR) is 75.4 cm³/mol. The van der Waals surface area contributed by atoms with Crippen molar-refractivity contribution in [3.8, 4) is 5.75 Å². The monoisotopic (exact) mass is 285 g/mol. The van der Waals surface area contributed by atoms with Crippen LogP contribution in [0.25, 0.3) is 0 Å². The standard InChI is InChI=1S/C14H20ClNO3/c1-4-9(2)16-14(18)10(3)19-13-11(8-17)6-5-7-12(13)15/h5-7,9-10,17H,4,8H2,1-3H3,(H,16,18). The van der Waals surface area contributed by atoms with Crippen LogP contribution in [0.5, 0.6) is 5.75 Å². The average molecular weight is 286 g/mol. The van der Waals surface area contributed by atoms with Gasteiger partial charge in [-0.05, 0) is 26.3 Å². The van der Waals surface area contributed by atoms with E-state index in [0.29, 0.717) is 16.3 Å². The van der Waals surface area contributed by atoms with Gasteiger partial charge in [0.15, 0.2) is 6.10 Å². The third kappa shape index (κ3) is 4.40. The lowest BCUT2D eigenvalue weighted by Crippen LogP contribution is -2.41. The molecule has 1 aromatic carbocycles. The van der Waals surface area contributed by atoms with Gasteiger partial charge in [0, 0.05) is 11.6 Å². The molecule has 0 radical (unpaired) electrons. The van der Waals surface area contributed by atoms with Gasteiger partial charge in [-0.25, -0.2) is 0 Å². The Balaban J connectivity index is 2.76. The zero-order valence-corrected chi connectivity index (χ0v) is 12.2. The fourth-order valence-electron chi connectivity index (χ4n) is 1.50. The second-order valence-electron chi connectivity index (χ2n) is 4.46. The van der Waals surface area contributed by atoms with E-state index in [1.807, 2.05) is 13.8 Å². The number of amides is 1. The molecule has 2 N–H and O–H groups in total. The summed E-state index contributed by atoms with van der Waals surface area (Å²) in [4.78, 5) is 11.9. The summed E-state index contributed by atoms with van der Waals surface area (Å²) >= 11 is 6.02. The first-order chi connectivity index (χ1) is 8.99. The number of aliphatic hydroxyl groups excluding tert-OH is 1. The molecule has 0 spiro atoms. The predicted octanol–water partition coefficient (Wildman–Crippen LogP) is 2.51. The first-order valence-electron chi connectivity index (χ1n) is 6.34. The molecule has 0 aromatic heterocycles. The summed E-state index contributed by atoms with van der Waals surface area (Å²) in [5.41, 5.74) is 0.565. The number of halogens is 1. The fourth-order valence-corrected chi connectivity index (χ4v) is 1.74. The molecule has 106 valence electrons. The van der Waals surface area contributed by atoms with Crippen molar-refractivity contribution in [3.05, 3.63) is 28.8 Å². The zero-order chi connectivity index (χ0) is 14.4. The van der Waals surface area contributed by atoms with Gasteiger partial charge in [-0.3, -0.25) is 4.79 Å². The largest absolute Gasteiger partial charge is 0.479 e. The summed E-state index contributed by atoms with van der Waals surface area (Å²) in [6, 6.07) is 5.20.